The molecule has 5 aliphatic rings. The van der Waals surface area contributed by atoms with Crippen LogP contribution in [0, 0.1) is 53.1 Å². The second kappa shape index (κ2) is 34.3. The van der Waals surface area contributed by atoms with E-state index in [9.17, 15) is 65.4 Å². The smallest absolute Gasteiger partial charge is 0.303 e. The summed E-state index contributed by atoms with van der Waals surface area (Å²) in [5.41, 5.74) is 8.12. The Bertz CT molecular complexity index is 7210. The first-order chi connectivity index (χ1) is 58.0. The van der Waals surface area contributed by atoms with Crippen LogP contribution < -0.4 is 45.8 Å². The highest BCUT2D eigenvalue weighted by Gasteiger charge is 2.37. The molecule has 0 radical (unpaired) electrons. The minimum atomic E-state index is -0.714. The van der Waals surface area contributed by atoms with E-state index in [1.807, 2.05) is 138 Å². The fourth-order valence-electron chi connectivity index (χ4n) is 14.2. The number of phenols is 5. The van der Waals surface area contributed by atoms with Crippen LogP contribution in [-0.2, 0) is 0 Å². The highest BCUT2D eigenvalue weighted by atomic mass is 32.2. The SMILES string of the molecule is C=c1cc2c(c3ccccc13)=Nc1ccc(N(CC)CC)cc1O2.C=c1ccc2c(c1)Sc1cc(N(C)C)ccc1N=2.Cc1ccc(N=Nc2ccc([N+](=O)[O-])cc2[N+](=O)[O-])c2ccccc12.Cc1ccc2c(c1)oc1cc(=O)ccc-1[n+]2[O-].Cc1ccc2c(c1O)C(=O)c1c(O)ccc(O)c1C2=O.Cc1ccc2cc3ccc(O)cc3c(O)c2c1. The quantitative estimate of drug-likeness (QED) is 0.0179. The predicted octanol–water partition coefficient (Wildman–Crippen LogP) is 19.6. The number of nitro benzene ring substituents is 2. The van der Waals surface area contributed by atoms with E-state index < -0.39 is 32.9 Å². The number of non-ortho nitro benzene ring substituents is 1. The third kappa shape index (κ3) is 16.9. The van der Waals surface area contributed by atoms with Crippen molar-refractivity contribution in [1.29, 1.82) is 0 Å². The van der Waals surface area contributed by atoms with Gasteiger partial charge in [0.2, 0.25) is 17.1 Å². The van der Waals surface area contributed by atoms with Gasteiger partial charge < -0.3 is 49.7 Å². The van der Waals surface area contributed by atoms with E-state index in [0.29, 0.717) is 39.2 Å². The largest absolute Gasteiger partial charge is 0.618 e. The molecule has 0 fully saturated rings. The molecule has 0 spiro atoms. The number of carbonyl (C=O) groups excluding carboxylic acids is 2. The lowest BCUT2D eigenvalue weighted by molar-refractivity contribution is -0.566. The topological polar surface area (TPSA) is 344 Å². The Morgan fingerprint density at radius 3 is 1.88 bits per heavy atom. The minimum Gasteiger partial charge on any atom is -0.618 e. The van der Waals surface area contributed by atoms with Gasteiger partial charge in [-0.2, -0.15) is 4.73 Å². The molecule has 25 heteroatoms. The summed E-state index contributed by atoms with van der Waals surface area (Å²) in [7, 11) is 4.10. The van der Waals surface area contributed by atoms with Gasteiger partial charge in [-0.05, 0) is 205 Å². The number of azo groups is 1. The molecule has 602 valence electrons. The van der Waals surface area contributed by atoms with Crippen LogP contribution in [0.3, 0.4) is 0 Å². The van der Waals surface area contributed by atoms with Crippen LogP contribution in [0.2, 0.25) is 0 Å². The number of aromatic nitrogens is 1. The van der Waals surface area contributed by atoms with Crippen LogP contribution in [0.15, 0.2) is 282 Å². The number of ketones is 2. The number of hydrogen-bond donors (Lipinski definition) is 5. The van der Waals surface area contributed by atoms with E-state index in [2.05, 4.69) is 101 Å². The van der Waals surface area contributed by atoms with Crippen LogP contribution in [0.4, 0.5) is 45.5 Å². The lowest BCUT2D eigenvalue weighted by atomic mass is 9.82. The number of nitro groups is 2. The van der Waals surface area contributed by atoms with Crippen molar-refractivity contribution in [3.05, 3.63) is 344 Å². The fourth-order valence-corrected chi connectivity index (χ4v) is 15.3. The molecule has 3 heterocycles. The van der Waals surface area contributed by atoms with Crippen LogP contribution in [0.25, 0.3) is 78.8 Å². The fraction of sp³-hybridized carbons (Fsp3) is 0.104. The Labute approximate surface area is 695 Å². The van der Waals surface area contributed by atoms with E-state index in [4.69, 9.17) is 14.1 Å². The number of nitrogens with zero attached hydrogens (tertiary/aromatic N) is 9. The number of hydrogen-bond acceptors (Lipinski definition) is 22. The van der Waals surface area contributed by atoms with Crippen LogP contribution in [-0.4, -0.2) is 74.1 Å². The predicted molar refractivity (Wildman–Crippen MR) is 472 cm³/mol. The summed E-state index contributed by atoms with van der Waals surface area (Å²) in [6.45, 7) is 21.9. The number of phenolic OH excluding ortho intramolecular Hbond substituents is 5. The molecule has 0 aromatic heterocycles. The molecule has 14 aromatic carbocycles. The van der Waals surface area contributed by atoms with Gasteiger partial charge in [0.15, 0.2) is 28.4 Å². The average molecular weight is 1630 g/mol. The summed E-state index contributed by atoms with van der Waals surface area (Å²) in [6.07, 6.45) is 0. The van der Waals surface area contributed by atoms with E-state index in [0.717, 1.165) is 146 Å². The maximum Gasteiger partial charge on any atom is 0.303 e. The number of aromatic hydroxyl groups is 5. The summed E-state index contributed by atoms with van der Waals surface area (Å²) >= 11 is 1.77. The summed E-state index contributed by atoms with van der Waals surface area (Å²) < 4.78 is 12.5. The van der Waals surface area contributed by atoms with Crippen molar-refractivity contribution in [3.8, 4) is 51.7 Å². The molecule has 19 rings (SSSR count). The molecule has 0 amide bonds. The van der Waals surface area contributed by atoms with Crippen LogP contribution in [0.5, 0.6) is 40.2 Å². The number of benzene rings is 15. The van der Waals surface area contributed by atoms with Crippen molar-refractivity contribution in [2.45, 2.75) is 51.3 Å². The van der Waals surface area contributed by atoms with E-state index in [1.165, 1.54) is 51.9 Å². The van der Waals surface area contributed by atoms with Crippen molar-refractivity contribution < 1.29 is 58.9 Å². The highest BCUT2D eigenvalue weighted by Crippen LogP contribution is 2.44. The standard InChI is InChI=1S/C21H20N2O.C17H12N4O4.C15H14N2S.C15H10O5.C15H12O2.C13H9NO3/c1-4-23(5-2)15-10-11-18-19(13-15)24-20-12-14(3)16-8-6-7-9-17(16)21(20)22-18;1-11-6-8-15(14-5-3-2-4-13(11)14)18-19-16-9-7-12(20(22)23)10-17(16)21(24)25;1-10-4-6-12-14(8-10)18-15-9-11(17(2)3)5-7-13(15)16-12;1-6-2-3-7-10(13(6)18)15(20)12-9(17)5-4-8(16)11(12)14(7)19;1-9-2-3-10-7-11-4-5-12(16)8-14(11)15(17)13(10)6-9;1-8-2-4-10-12(6-8)17-13-7-9(15)3-5-11(13)14(10)16/h6-13H,3-5H2,1-2H3;2-10H,1H3;4-9H,1H2,2-3H3;2-5,16-18H,1H3;2-8,16-17H,1H3;2-7H,1H3. The van der Waals surface area contributed by atoms with Gasteiger partial charge in [-0.3, -0.25) is 34.6 Å². The molecule has 5 N–H and O–H groups in total. The van der Waals surface area contributed by atoms with Crippen LogP contribution in [0.1, 0.15) is 67.9 Å². The Balaban J connectivity index is 0.000000119. The first-order valence-corrected chi connectivity index (χ1v) is 38.9. The summed E-state index contributed by atoms with van der Waals surface area (Å²) in [4.78, 5) is 72.9. The molecular weight excluding hydrogens is 1550 g/mol. The molecule has 0 saturated heterocycles. The monoisotopic (exact) mass is 1630 g/mol. The first kappa shape index (κ1) is 81.9. The van der Waals surface area contributed by atoms with Gasteiger partial charge >= 0.3 is 5.69 Å². The van der Waals surface area contributed by atoms with Crippen molar-refractivity contribution in [2.75, 3.05) is 37.0 Å². The molecule has 14 aromatic rings. The van der Waals surface area contributed by atoms with Crippen molar-refractivity contribution in [3.63, 3.8) is 0 Å². The molecule has 121 heavy (non-hydrogen) atoms. The van der Waals surface area contributed by atoms with Crippen molar-refractivity contribution in [1.82, 2.24) is 0 Å². The lowest BCUT2D eigenvalue weighted by Crippen LogP contribution is -2.31. The zero-order valence-corrected chi connectivity index (χ0v) is 67.5. The second-order valence-corrected chi connectivity index (χ2v) is 30.0. The average Bonchev–Trinajstić information content (AvgIpc) is 0.733. The van der Waals surface area contributed by atoms with E-state index in [1.54, 1.807) is 49.0 Å². The lowest BCUT2D eigenvalue weighted by Gasteiger charge is -2.23. The van der Waals surface area contributed by atoms with E-state index in [-0.39, 0.29) is 62.1 Å². The zero-order valence-electron chi connectivity index (χ0n) is 66.7. The van der Waals surface area contributed by atoms with Gasteiger partial charge in [0.1, 0.15) is 39.8 Å². The first-order valence-electron chi connectivity index (χ1n) is 38.1. The maximum absolute atomic E-state index is 12.4. The number of ether oxygens (including phenoxy) is 1. The zero-order chi connectivity index (χ0) is 85.9. The number of anilines is 2. The minimum absolute atomic E-state index is 0.0199. The van der Waals surface area contributed by atoms with Gasteiger partial charge in [-0.25, -0.2) is 9.98 Å². The summed E-state index contributed by atoms with van der Waals surface area (Å²) in [5, 5.41) is 103. The van der Waals surface area contributed by atoms with Crippen molar-refractivity contribution >= 4 is 136 Å². The normalized spacial score (nSPS) is 11.8. The van der Waals surface area contributed by atoms with Gasteiger partial charge in [0, 0.05) is 106 Å². The Morgan fingerprint density at radius 1 is 0.521 bits per heavy atom. The third-order valence-electron chi connectivity index (χ3n) is 20.5. The molecule has 3 aliphatic heterocycles. The molecular formula is C96H77N9O15S. The number of aryl methyl sites for hydroxylation is 4. The number of fused-ring (bicyclic) bond motifs is 13. The molecule has 0 saturated carbocycles. The molecule has 2 aliphatic carbocycles. The number of rotatable bonds is 8. The summed E-state index contributed by atoms with van der Waals surface area (Å²) in [5.74, 6) is -0.0340. The molecule has 0 unspecified atom stereocenters. The maximum atomic E-state index is 12.4. The Kier molecular flexibility index (Phi) is 23.2. The van der Waals surface area contributed by atoms with Gasteiger partial charge in [-0.15, -0.1) is 10.2 Å². The van der Waals surface area contributed by atoms with E-state index >= 15 is 0 Å². The molecule has 24 nitrogen and oxygen atoms in total. The Morgan fingerprint density at radius 2 is 1.17 bits per heavy atom. The van der Waals surface area contributed by atoms with Gasteiger partial charge in [0.25, 0.3) is 16.9 Å². The second-order valence-electron chi connectivity index (χ2n) is 28.9. The summed E-state index contributed by atoms with van der Waals surface area (Å²) in [6, 6.07) is 71.2. The number of carbonyl (C=O) groups is 2. The Hall–Kier alpha value is -15.6. The molecule has 0 bridgehead atoms. The van der Waals surface area contributed by atoms with Gasteiger partial charge in [-0.1, -0.05) is 121 Å². The van der Waals surface area contributed by atoms with Crippen molar-refractivity contribution in [2.24, 2.45) is 20.2 Å². The third-order valence-corrected chi connectivity index (χ3v) is 21.6. The highest BCUT2D eigenvalue weighted by molar-refractivity contribution is 7.99. The molecule has 0 atom stereocenters. The van der Waals surface area contributed by atoms with Gasteiger partial charge in [0.05, 0.1) is 49.3 Å². The van der Waals surface area contributed by atoms with Crippen LogP contribution >= 0.6 is 11.8 Å².